The maximum Gasteiger partial charge on any atom is 0.323 e. The standard InChI is InChI=1S/C9H16N2O3/c1-2-7(10)9(14)11(5-8(12)13)6-3-4-6/h6-7H,2-5,10H2,1H3,(H,12,13)/t7-/m0/s1. The first-order valence-electron chi connectivity index (χ1n) is 4.84. The summed E-state index contributed by atoms with van der Waals surface area (Å²) in [7, 11) is 0. The zero-order chi connectivity index (χ0) is 10.7. The van der Waals surface area contributed by atoms with Gasteiger partial charge >= 0.3 is 5.97 Å². The molecule has 14 heavy (non-hydrogen) atoms. The van der Waals surface area contributed by atoms with Crippen LogP contribution >= 0.6 is 0 Å². The van der Waals surface area contributed by atoms with E-state index < -0.39 is 12.0 Å². The van der Waals surface area contributed by atoms with Gasteiger partial charge in [0.25, 0.3) is 0 Å². The van der Waals surface area contributed by atoms with Crippen molar-refractivity contribution in [3.8, 4) is 0 Å². The molecule has 1 amide bonds. The van der Waals surface area contributed by atoms with Crippen LogP contribution in [0, 0.1) is 0 Å². The lowest BCUT2D eigenvalue weighted by atomic mass is 10.2. The zero-order valence-electron chi connectivity index (χ0n) is 8.27. The third-order valence-corrected chi connectivity index (χ3v) is 2.33. The molecular formula is C9H16N2O3. The molecule has 1 aliphatic rings. The van der Waals surface area contributed by atoms with E-state index in [9.17, 15) is 9.59 Å². The smallest absolute Gasteiger partial charge is 0.323 e. The Morgan fingerprint density at radius 3 is 2.50 bits per heavy atom. The lowest BCUT2D eigenvalue weighted by molar-refractivity contribution is -0.145. The predicted octanol–water partition coefficient (Wildman–Crippen LogP) is -0.201. The Hall–Kier alpha value is -1.10. The van der Waals surface area contributed by atoms with Crippen LogP contribution < -0.4 is 5.73 Å². The lowest BCUT2D eigenvalue weighted by Gasteiger charge is -2.23. The topological polar surface area (TPSA) is 83.6 Å². The minimum Gasteiger partial charge on any atom is -0.480 e. The summed E-state index contributed by atoms with van der Waals surface area (Å²) in [5.41, 5.74) is 5.57. The molecule has 0 heterocycles. The van der Waals surface area contributed by atoms with Crippen LogP contribution in [0.2, 0.25) is 0 Å². The number of nitrogens with zero attached hydrogens (tertiary/aromatic N) is 1. The number of carbonyl (C=O) groups excluding carboxylic acids is 1. The van der Waals surface area contributed by atoms with E-state index in [1.165, 1.54) is 4.90 Å². The largest absolute Gasteiger partial charge is 0.480 e. The number of carboxylic acids is 1. The SMILES string of the molecule is CC[C@H](N)C(=O)N(CC(=O)O)C1CC1. The second kappa shape index (κ2) is 4.41. The third-order valence-electron chi connectivity index (χ3n) is 2.33. The van der Waals surface area contributed by atoms with Crippen LogP contribution in [0.3, 0.4) is 0 Å². The molecular weight excluding hydrogens is 184 g/mol. The third kappa shape index (κ3) is 2.70. The van der Waals surface area contributed by atoms with E-state index in [4.69, 9.17) is 10.8 Å². The van der Waals surface area contributed by atoms with Crippen molar-refractivity contribution in [2.24, 2.45) is 5.73 Å². The Bertz CT molecular complexity index is 238. The van der Waals surface area contributed by atoms with Crippen LogP contribution in [-0.2, 0) is 9.59 Å². The first kappa shape index (κ1) is 11.0. The first-order valence-corrected chi connectivity index (χ1v) is 4.84. The van der Waals surface area contributed by atoms with Crippen molar-refractivity contribution in [3.63, 3.8) is 0 Å². The van der Waals surface area contributed by atoms with Crippen LogP contribution in [-0.4, -0.2) is 40.5 Å². The molecule has 80 valence electrons. The fourth-order valence-corrected chi connectivity index (χ4v) is 1.31. The Kier molecular flexibility index (Phi) is 3.46. The van der Waals surface area contributed by atoms with Crippen molar-refractivity contribution in [1.82, 2.24) is 4.90 Å². The van der Waals surface area contributed by atoms with Crippen LogP contribution in [0.15, 0.2) is 0 Å². The van der Waals surface area contributed by atoms with E-state index in [2.05, 4.69) is 0 Å². The van der Waals surface area contributed by atoms with Crippen LogP contribution in [0.25, 0.3) is 0 Å². The van der Waals surface area contributed by atoms with Gasteiger partial charge in [0, 0.05) is 6.04 Å². The van der Waals surface area contributed by atoms with Gasteiger partial charge in [-0.15, -0.1) is 0 Å². The number of nitrogens with two attached hydrogens (primary N) is 1. The van der Waals surface area contributed by atoms with Crippen LogP contribution in [0.4, 0.5) is 0 Å². The van der Waals surface area contributed by atoms with E-state index in [0.29, 0.717) is 6.42 Å². The minimum atomic E-state index is -0.978. The van der Waals surface area contributed by atoms with E-state index in [0.717, 1.165) is 12.8 Å². The van der Waals surface area contributed by atoms with Gasteiger partial charge < -0.3 is 15.7 Å². The fraction of sp³-hybridized carbons (Fsp3) is 0.778. The Balaban J connectivity index is 2.57. The molecule has 1 atom stereocenters. The summed E-state index contributed by atoms with van der Waals surface area (Å²) in [6, 6.07) is -0.453. The van der Waals surface area contributed by atoms with Crippen molar-refractivity contribution in [3.05, 3.63) is 0 Å². The minimum absolute atomic E-state index is 0.108. The molecule has 0 radical (unpaired) electrons. The van der Waals surface area contributed by atoms with Crippen molar-refractivity contribution >= 4 is 11.9 Å². The number of hydrogen-bond acceptors (Lipinski definition) is 3. The summed E-state index contributed by atoms with van der Waals surface area (Å²) < 4.78 is 0. The van der Waals surface area contributed by atoms with Crippen molar-refractivity contribution < 1.29 is 14.7 Å². The number of amides is 1. The molecule has 3 N–H and O–H groups in total. The average Bonchev–Trinajstić information content (AvgIpc) is 2.94. The molecule has 0 unspecified atom stereocenters. The Morgan fingerprint density at radius 2 is 2.14 bits per heavy atom. The van der Waals surface area contributed by atoms with Crippen molar-refractivity contribution in [2.45, 2.75) is 38.3 Å². The molecule has 1 fully saturated rings. The molecule has 5 heteroatoms. The highest BCUT2D eigenvalue weighted by Crippen LogP contribution is 2.27. The second-order valence-electron chi connectivity index (χ2n) is 3.61. The van der Waals surface area contributed by atoms with Gasteiger partial charge in [0.2, 0.25) is 5.91 Å². The molecule has 1 aliphatic carbocycles. The second-order valence-corrected chi connectivity index (χ2v) is 3.61. The number of aliphatic carboxylic acids is 1. The van der Waals surface area contributed by atoms with Gasteiger partial charge in [-0.1, -0.05) is 6.92 Å². The maximum absolute atomic E-state index is 11.6. The van der Waals surface area contributed by atoms with Crippen molar-refractivity contribution in [2.75, 3.05) is 6.54 Å². The van der Waals surface area contributed by atoms with E-state index in [-0.39, 0.29) is 18.5 Å². The average molecular weight is 200 g/mol. The predicted molar refractivity (Wildman–Crippen MR) is 50.6 cm³/mol. The van der Waals surface area contributed by atoms with Gasteiger partial charge in [-0.25, -0.2) is 0 Å². The molecule has 0 aromatic heterocycles. The first-order chi connectivity index (χ1) is 6.56. The normalized spacial score (nSPS) is 17.6. The van der Waals surface area contributed by atoms with Crippen molar-refractivity contribution in [1.29, 1.82) is 0 Å². The summed E-state index contributed by atoms with van der Waals surface area (Å²) in [4.78, 5) is 23.5. The summed E-state index contributed by atoms with van der Waals surface area (Å²) in [5.74, 6) is -1.22. The number of carboxylic acid groups (broad SMARTS) is 1. The lowest BCUT2D eigenvalue weighted by Crippen LogP contribution is -2.46. The van der Waals surface area contributed by atoms with E-state index in [1.807, 2.05) is 6.92 Å². The van der Waals surface area contributed by atoms with Gasteiger partial charge in [-0.05, 0) is 19.3 Å². The quantitative estimate of drug-likeness (QED) is 0.643. The summed E-state index contributed by atoms with van der Waals surface area (Å²) >= 11 is 0. The molecule has 0 aliphatic heterocycles. The molecule has 1 saturated carbocycles. The summed E-state index contributed by atoms with van der Waals surface area (Å²) in [6.45, 7) is 1.59. The van der Waals surface area contributed by atoms with Gasteiger partial charge in [0.15, 0.2) is 0 Å². The van der Waals surface area contributed by atoms with E-state index in [1.54, 1.807) is 0 Å². The molecule has 0 aromatic carbocycles. The van der Waals surface area contributed by atoms with Crippen LogP contribution in [0.1, 0.15) is 26.2 Å². The number of rotatable bonds is 5. The highest BCUT2D eigenvalue weighted by atomic mass is 16.4. The highest BCUT2D eigenvalue weighted by Gasteiger charge is 2.35. The molecule has 0 bridgehead atoms. The zero-order valence-corrected chi connectivity index (χ0v) is 8.27. The number of hydrogen-bond donors (Lipinski definition) is 2. The molecule has 1 rings (SSSR count). The van der Waals surface area contributed by atoms with Gasteiger partial charge in [0.05, 0.1) is 6.04 Å². The molecule has 0 spiro atoms. The fourth-order valence-electron chi connectivity index (χ4n) is 1.31. The van der Waals surface area contributed by atoms with Gasteiger partial charge in [-0.2, -0.15) is 0 Å². The monoisotopic (exact) mass is 200 g/mol. The summed E-state index contributed by atoms with van der Waals surface area (Å²) in [6.07, 6.45) is 2.34. The van der Waals surface area contributed by atoms with Gasteiger partial charge in [0.1, 0.15) is 6.54 Å². The highest BCUT2D eigenvalue weighted by molar-refractivity contribution is 5.85. The van der Waals surface area contributed by atoms with Gasteiger partial charge in [-0.3, -0.25) is 9.59 Å². The maximum atomic E-state index is 11.6. The summed E-state index contributed by atoms with van der Waals surface area (Å²) in [5, 5.41) is 8.63. The molecule has 0 saturated heterocycles. The molecule has 5 nitrogen and oxygen atoms in total. The Morgan fingerprint density at radius 1 is 1.57 bits per heavy atom. The molecule has 0 aromatic rings. The Labute approximate surface area is 82.9 Å². The van der Waals surface area contributed by atoms with E-state index >= 15 is 0 Å². The number of carbonyl (C=O) groups is 2. The van der Waals surface area contributed by atoms with Crippen LogP contribution in [0.5, 0.6) is 0 Å².